The van der Waals surface area contributed by atoms with Gasteiger partial charge in [0.15, 0.2) is 0 Å². The van der Waals surface area contributed by atoms with Gasteiger partial charge in [-0.25, -0.2) is 0 Å². The Hall–Kier alpha value is -2.55. The van der Waals surface area contributed by atoms with Gasteiger partial charge in [-0.2, -0.15) is 18.4 Å². The van der Waals surface area contributed by atoms with Crippen molar-refractivity contribution in [3.63, 3.8) is 0 Å². The molecule has 0 spiro atoms. The molecule has 0 amide bonds. The van der Waals surface area contributed by atoms with Crippen molar-refractivity contribution in [3.8, 4) is 11.8 Å². The minimum Gasteiger partial charge on any atom is -0.280 e. The molecule has 2 rings (SSSR count). The van der Waals surface area contributed by atoms with Crippen LogP contribution in [0.2, 0.25) is 0 Å². The summed E-state index contributed by atoms with van der Waals surface area (Å²) in [4.78, 5) is 12.3. The molecular weight excluding hydrogens is 281 g/mol. The average molecular weight is 292 g/mol. The molecule has 0 N–H and O–H groups in total. The number of benzene rings is 1. The average Bonchev–Trinajstić information content (AvgIpc) is 2.38. The van der Waals surface area contributed by atoms with E-state index < -0.39 is 17.3 Å². The van der Waals surface area contributed by atoms with Crippen LogP contribution in [-0.4, -0.2) is 4.57 Å². The summed E-state index contributed by atoms with van der Waals surface area (Å²) in [6.45, 7) is 3.22. The zero-order valence-electron chi connectivity index (χ0n) is 11.3. The number of hydrogen-bond donors (Lipinski definition) is 0. The molecular formula is C15H11F3N2O. The van der Waals surface area contributed by atoms with Crippen molar-refractivity contribution < 1.29 is 13.2 Å². The first kappa shape index (κ1) is 14.9. The fraction of sp³-hybridized carbons (Fsp3) is 0.200. The molecule has 108 valence electrons. The third-order valence-corrected chi connectivity index (χ3v) is 3.13. The quantitative estimate of drug-likeness (QED) is 0.809. The standard InChI is InChI=1S/C15H11F3N2O/c1-9-6-10(2)20(14(21)13(9)8-19)12-5-3-4-11(7-12)15(16,17)18/h3-7H,1-2H3. The molecule has 0 saturated heterocycles. The van der Waals surface area contributed by atoms with Gasteiger partial charge in [0.05, 0.1) is 5.56 Å². The maximum absolute atomic E-state index is 12.8. The lowest BCUT2D eigenvalue weighted by Gasteiger charge is -2.14. The molecule has 1 aromatic heterocycles. The number of pyridine rings is 1. The predicted octanol–water partition coefficient (Wildman–Crippen LogP) is 3.34. The summed E-state index contributed by atoms with van der Waals surface area (Å²) >= 11 is 0. The Balaban J connectivity index is 2.75. The van der Waals surface area contributed by atoms with E-state index in [2.05, 4.69) is 0 Å². The van der Waals surface area contributed by atoms with E-state index in [0.29, 0.717) is 11.3 Å². The number of nitrogens with zero attached hydrogens (tertiary/aromatic N) is 2. The van der Waals surface area contributed by atoms with Crippen LogP contribution in [0.15, 0.2) is 35.1 Å². The van der Waals surface area contributed by atoms with E-state index in [0.717, 1.165) is 16.7 Å². The first-order valence-corrected chi connectivity index (χ1v) is 6.06. The normalized spacial score (nSPS) is 11.2. The van der Waals surface area contributed by atoms with E-state index in [1.807, 2.05) is 0 Å². The zero-order chi connectivity index (χ0) is 15.8. The summed E-state index contributed by atoms with van der Waals surface area (Å²) < 4.78 is 39.4. The van der Waals surface area contributed by atoms with Crippen molar-refractivity contribution in [2.45, 2.75) is 20.0 Å². The number of nitriles is 1. The highest BCUT2D eigenvalue weighted by atomic mass is 19.4. The summed E-state index contributed by atoms with van der Waals surface area (Å²) in [6.07, 6.45) is -4.49. The highest BCUT2D eigenvalue weighted by molar-refractivity contribution is 5.44. The van der Waals surface area contributed by atoms with E-state index in [1.54, 1.807) is 26.0 Å². The van der Waals surface area contributed by atoms with Crippen LogP contribution in [-0.2, 0) is 6.18 Å². The van der Waals surface area contributed by atoms with Crippen LogP contribution in [0, 0.1) is 25.2 Å². The highest BCUT2D eigenvalue weighted by Crippen LogP contribution is 2.30. The van der Waals surface area contributed by atoms with Crippen LogP contribution in [0.5, 0.6) is 0 Å². The summed E-state index contributed by atoms with van der Waals surface area (Å²) in [5.74, 6) is 0. The van der Waals surface area contributed by atoms with Crippen LogP contribution in [0.1, 0.15) is 22.4 Å². The first-order chi connectivity index (χ1) is 9.75. The second-order valence-corrected chi connectivity index (χ2v) is 4.64. The van der Waals surface area contributed by atoms with Gasteiger partial charge in [-0.05, 0) is 43.7 Å². The molecule has 3 nitrogen and oxygen atoms in total. The van der Waals surface area contributed by atoms with Gasteiger partial charge in [0.1, 0.15) is 11.6 Å². The number of hydrogen-bond acceptors (Lipinski definition) is 2. The Bertz CT molecular complexity index is 798. The van der Waals surface area contributed by atoms with Crippen LogP contribution in [0.4, 0.5) is 13.2 Å². The van der Waals surface area contributed by atoms with Crippen molar-refractivity contribution in [1.29, 1.82) is 5.26 Å². The lowest BCUT2D eigenvalue weighted by Crippen LogP contribution is -2.24. The molecule has 21 heavy (non-hydrogen) atoms. The van der Waals surface area contributed by atoms with Gasteiger partial charge in [-0.3, -0.25) is 9.36 Å². The second-order valence-electron chi connectivity index (χ2n) is 4.64. The van der Waals surface area contributed by atoms with Crippen molar-refractivity contribution in [1.82, 2.24) is 4.57 Å². The molecule has 0 fully saturated rings. The first-order valence-electron chi connectivity index (χ1n) is 6.06. The van der Waals surface area contributed by atoms with Crippen molar-refractivity contribution in [2.24, 2.45) is 0 Å². The third kappa shape index (κ3) is 2.68. The van der Waals surface area contributed by atoms with Gasteiger partial charge in [0.2, 0.25) is 0 Å². The largest absolute Gasteiger partial charge is 0.416 e. The Labute approximate surface area is 118 Å². The minimum atomic E-state index is -4.49. The SMILES string of the molecule is Cc1cc(C)n(-c2cccc(C(F)(F)F)c2)c(=O)c1C#N. The van der Waals surface area contributed by atoms with Gasteiger partial charge in [0.25, 0.3) is 5.56 Å². The van der Waals surface area contributed by atoms with E-state index in [-0.39, 0.29) is 11.3 Å². The number of alkyl halides is 3. The van der Waals surface area contributed by atoms with Gasteiger partial charge in [0, 0.05) is 11.4 Å². The monoisotopic (exact) mass is 292 g/mol. The lowest BCUT2D eigenvalue weighted by molar-refractivity contribution is -0.137. The fourth-order valence-corrected chi connectivity index (χ4v) is 2.17. The summed E-state index contributed by atoms with van der Waals surface area (Å²) in [5, 5.41) is 9.00. The van der Waals surface area contributed by atoms with E-state index >= 15 is 0 Å². The smallest absolute Gasteiger partial charge is 0.280 e. The van der Waals surface area contributed by atoms with Gasteiger partial charge in [-0.1, -0.05) is 6.07 Å². The predicted molar refractivity (Wildman–Crippen MR) is 71.2 cm³/mol. The van der Waals surface area contributed by atoms with Crippen LogP contribution in [0.25, 0.3) is 5.69 Å². The highest BCUT2D eigenvalue weighted by Gasteiger charge is 2.30. The van der Waals surface area contributed by atoms with E-state index in [9.17, 15) is 18.0 Å². The van der Waals surface area contributed by atoms with Crippen LogP contribution < -0.4 is 5.56 Å². The molecule has 0 atom stereocenters. The molecule has 2 aromatic rings. The van der Waals surface area contributed by atoms with Gasteiger partial charge < -0.3 is 0 Å². The van der Waals surface area contributed by atoms with Crippen molar-refractivity contribution in [3.05, 3.63) is 63.1 Å². The summed E-state index contributed by atoms with van der Waals surface area (Å²) in [7, 11) is 0. The molecule has 0 radical (unpaired) electrons. The lowest BCUT2D eigenvalue weighted by atomic mass is 10.1. The maximum atomic E-state index is 12.8. The molecule has 0 saturated carbocycles. The summed E-state index contributed by atoms with van der Waals surface area (Å²) in [6, 6.07) is 7.85. The Morgan fingerprint density at radius 1 is 1.19 bits per heavy atom. The Kier molecular flexibility index (Phi) is 3.60. The van der Waals surface area contributed by atoms with Crippen LogP contribution in [0.3, 0.4) is 0 Å². The third-order valence-electron chi connectivity index (χ3n) is 3.13. The minimum absolute atomic E-state index is 0.0713. The molecule has 0 unspecified atom stereocenters. The maximum Gasteiger partial charge on any atom is 0.416 e. The van der Waals surface area contributed by atoms with Crippen LogP contribution >= 0.6 is 0 Å². The number of rotatable bonds is 1. The molecule has 1 heterocycles. The van der Waals surface area contributed by atoms with Crippen molar-refractivity contribution in [2.75, 3.05) is 0 Å². The molecule has 6 heteroatoms. The van der Waals surface area contributed by atoms with Gasteiger partial charge in [-0.15, -0.1) is 0 Å². The molecule has 1 aromatic carbocycles. The summed E-state index contributed by atoms with van der Waals surface area (Å²) in [5.41, 5.74) is -0.472. The fourth-order valence-electron chi connectivity index (χ4n) is 2.17. The number of aromatic nitrogens is 1. The van der Waals surface area contributed by atoms with E-state index in [1.165, 1.54) is 12.1 Å². The second kappa shape index (κ2) is 5.09. The molecule has 0 aliphatic rings. The number of aryl methyl sites for hydroxylation is 2. The number of halogens is 3. The zero-order valence-corrected chi connectivity index (χ0v) is 11.3. The Morgan fingerprint density at radius 2 is 1.86 bits per heavy atom. The molecule has 0 aliphatic heterocycles. The molecule has 0 bridgehead atoms. The molecule has 0 aliphatic carbocycles. The van der Waals surface area contributed by atoms with Gasteiger partial charge >= 0.3 is 6.18 Å². The van der Waals surface area contributed by atoms with E-state index in [4.69, 9.17) is 5.26 Å². The van der Waals surface area contributed by atoms with Crippen molar-refractivity contribution >= 4 is 0 Å². The Morgan fingerprint density at radius 3 is 2.43 bits per heavy atom. The topological polar surface area (TPSA) is 45.8 Å².